The van der Waals surface area contributed by atoms with Gasteiger partial charge in [-0.2, -0.15) is 0 Å². The highest BCUT2D eigenvalue weighted by Gasteiger charge is 2.72. The first kappa shape index (κ1) is 20.9. The summed E-state index contributed by atoms with van der Waals surface area (Å²) in [5.74, 6) is -1.64. The van der Waals surface area contributed by atoms with Crippen molar-refractivity contribution in [2.75, 3.05) is 20.3 Å². The topological polar surface area (TPSA) is 159 Å². The minimum Gasteiger partial charge on any atom is -0.449 e. The van der Waals surface area contributed by atoms with Crippen molar-refractivity contribution in [2.24, 2.45) is 22.4 Å². The summed E-state index contributed by atoms with van der Waals surface area (Å²) in [4.78, 5) is 44.3. The number of hydrogen-bond donors (Lipinski definition) is 3. The molecule has 1 aliphatic carbocycles. The number of fused-ring (bicyclic) bond motifs is 4. The van der Waals surface area contributed by atoms with E-state index in [0.717, 1.165) is 4.47 Å². The average Bonchev–Trinajstić information content (AvgIpc) is 3.36. The van der Waals surface area contributed by atoms with Gasteiger partial charge >= 0.3 is 6.09 Å². The monoisotopic (exact) mass is 501 g/mol. The Morgan fingerprint density at radius 1 is 1.41 bits per heavy atom. The number of carbonyl (C=O) groups is 3. The van der Waals surface area contributed by atoms with E-state index in [4.69, 9.17) is 20.9 Å². The van der Waals surface area contributed by atoms with Crippen molar-refractivity contribution >= 4 is 45.5 Å². The van der Waals surface area contributed by atoms with Crippen LogP contribution in [0.25, 0.3) is 0 Å². The Morgan fingerprint density at radius 3 is 2.88 bits per heavy atom. The van der Waals surface area contributed by atoms with E-state index in [-0.39, 0.29) is 41.2 Å². The van der Waals surface area contributed by atoms with Crippen LogP contribution >= 0.6 is 15.9 Å². The van der Waals surface area contributed by atoms with E-state index in [2.05, 4.69) is 26.2 Å². The summed E-state index contributed by atoms with van der Waals surface area (Å²) in [5.41, 5.74) is 11.1. The van der Waals surface area contributed by atoms with Crippen LogP contribution in [0.4, 0.5) is 10.5 Å². The zero-order valence-electron chi connectivity index (χ0n) is 17.0. The van der Waals surface area contributed by atoms with E-state index in [1.54, 1.807) is 23.1 Å². The molecule has 1 aromatic carbocycles. The molecule has 0 bridgehead atoms. The third-order valence-corrected chi connectivity index (χ3v) is 6.91. The number of allylic oxidation sites excluding steroid dienone is 2. The van der Waals surface area contributed by atoms with Gasteiger partial charge in [0.2, 0.25) is 11.6 Å². The summed E-state index contributed by atoms with van der Waals surface area (Å²) in [6, 6.07) is 7.17. The fraction of sp³-hybridized carbons (Fsp3) is 0.333. The molecule has 5 N–H and O–H groups in total. The van der Waals surface area contributed by atoms with Crippen molar-refractivity contribution in [3.05, 3.63) is 51.3 Å². The summed E-state index contributed by atoms with van der Waals surface area (Å²) >= 11 is 3.37. The number of rotatable bonds is 5. The number of aliphatic imine (C=N–C) groups is 1. The normalized spacial score (nSPS) is 30.7. The molecule has 10 nitrogen and oxygen atoms in total. The van der Waals surface area contributed by atoms with Crippen molar-refractivity contribution < 1.29 is 23.9 Å². The Labute approximate surface area is 191 Å². The number of ether oxygens (including phenoxy) is 2. The highest BCUT2D eigenvalue weighted by Crippen LogP contribution is 2.55. The van der Waals surface area contributed by atoms with Crippen molar-refractivity contribution in [1.82, 2.24) is 10.2 Å². The highest BCUT2D eigenvalue weighted by molar-refractivity contribution is 9.10. The summed E-state index contributed by atoms with van der Waals surface area (Å²) < 4.78 is 11.8. The van der Waals surface area contributed by atoms with Crippen molar-refractivity contribution in [1.29, 1.82) is 0 Å². The largest absolute Gasteiger partial charge is 0.449 e. The number of hydrogen-bond acceptors (Lipinski definition) is 9. The van der Waals surface area contributed by atoms with E-state index in [1.165, 1.54) is 13.3 Å². The predicted octanol–water partition coefficient (Wildman–Crippen LogP) is 0.494. The maximum atomic E-state index is 13.6. The molecule has 32 heavy (non-hydrogen) atoms. The van der Waals surface area contributed by atoms with Crippen LogP contribution in [0.15, 0.2) is 56.3 Å². The Bertz CT molecular complexity index is 1160. The number of nitrogens with two attached hydrogens (primary N) is 2. The van der Waals surface area contributed by atoms with Crippen LogP contribution < -0.4 is 16.8 Å². The number of Topliss-reactive ketones (excluding diaryl/α,β-unsaturated/α-hetero) is 2. The second-order valence-corrected chi connectivity index (χ2v) is 8.90. The molecule has 2 saturated heterocycles. The molecule has 11 heteroatoms. The van der Waals surface area contributed by atoms with Gasteiger partial charge in [-0.05, 0) is 18.2 Å². The van der Waals surface area contributed by atoms with E-state index in [9.17, 15) is 14.4 Å². The standard InChI is InChI=1S/C21H20BrN5O5/c1-31-21-12(8-32-20(24)30)14-16(27(21)7-13-19(21)26-13)17(28)11(15(23)18(14)29)6-25-10-4-2-3-9(22)5-10/h2-6,12-13,19,26H,7-8,23H2,1H3,(H2,24,30)/t12-,13+,19+,21-/m1/s1. The molecule has 4 atom stereocenters. The molecule has 0 saturated carbocycles. The van der Waals surface area contributed by atoms with Crippen LogP contribution in [0.2, 0.25) is 0 Å². The number of primary amides is 1. The Kier molecular flexibility index (Phi) is 4.73. The van der Waals surface area contributed by atoms with Crippen molar-refractivity contribution in [3.8, 4) is 0 Å². The summed E-state index contributed by atoms with van der Waals surface area (Å²) in [6.07, 6.45) is 0.341. The maximum Gasteiger partial charge on any atom is 0.404 e. The lowest BCUT2D eigenvalue weighted by atomic mass is 9.82. The SMILES string of the molecule is CO[C@@]12[C@H](COC(N)=O)C3=C(C(=O)C(C=Nc4cccc(Br)c4)=C(N)C3=O)N1C[C@@H]1N[C@@H]12. The number of nitrogens with zero attached hydrogens (tertiary/aromatic N) is 2. The summed E-state index contributed by atoms with van der Waals surface area (Å²) in [7, 11) is 1.51. The van der Waals surface area contributed by atoms with Gasteiger partial charge in [0, 0.05) is 36.0 Å². The second-order valence-electron chi connectivity index (χ2n) is 7.99. The molecule has 3 aliphatic heterocycles. The van der Waals surface area contributed by atoms with Gasteiger partial charge in [0.05, 0.1) is 34.6 Å². The predicted molar refractivity (Wildman–Crippen MR) is 117 cm³/mol. The lowest BCUT2D eigenvalue weighted by Gasteiger charge is -2.39. The summed E-state index contributed by atoms with van der Waals surface area (Å²) in [6.45, 7) is 0.260. The van der Waals surface area contributed by atoms with Gasteiger partial charge in [-0.1, -0.05) is 22.0 Å². The number of halogens is 1. The molecule has 2 fully saturated rings. The maximum absolute atomic E-state index is 13.6. The highest BCUT2D eigenvalue weighted by atomic mass is 79.9. The molecule has 0 spiro atoms. The Balaban J connectivity index is 1.55. The fourth-order valence-electron chi connectivity index (χ4n) is 5.04. The molecule has 166 valence electrons. The molecule has 0 aromatic heterocycles. The molecule has 5 rings (SSSR count). The number of nitrogens with one attached hydrogen (secondary N) is 1. The van der Waals surface area contributed by atoms with E-state index < -0.39 is 29.3 Å². The van der Waals surface area contributed by atoms with Crippen LogP contribution in [0.5, 0.6) is 0 Å². The van der Waals surface area contributed by atoms with Crippen LogP contribution in [-0.4, -0.2) is 66.8 Å². The third-order valence-electron chi connectivity index (χ3n) is 6.42. The number of piperazine rings is 1. The van der Waals surface area contributed by atoms with E-state index in [1.807, 2.05) is 6.07 Å². The lowest BCUT2D eigenvalue weighted by molar-refractivity contribution is -0.137. The molecule has 1 amide bonds. The fourth-order valence-corrected chi connectivity index (χ4v) is 5.42. The first-order chi connectivity index (χ1) is 15.3. The first-order valence-corrected chi connectivity index (χ1v) is 10.7. The zero-order valence-corrected chi connectivity index (χ0v) is 18.6. The van der Waals surface area contributed by atoms with Gasteiger partial charge < -0.3 is 31.2 Å². The van der Waals surface area contributed by atoms with Gasteiger partial charge in [-0.25, -0.2) is 4.79 Å². The average molecular weight is 502 g/mol. The van der Waals surface area contributed by atoms with Crippen LogP contribution in [0.3, 0.4) is 0 Å². The molecular formula is C21H20BrN5O5. The number of methoxy groups -OCH3 is 1. The van der Waals surface area contributed by atoms with Gasteiger partial charge in [0.1, 0.15) is 6.61 Å². The quantitative estimate of drug-likeness (QED) is 0.298. The van der Waals surface area contributed by atoms with Crippen LogP contribution in [-0.2, 0) is 19.1 Å². The molecule has 0 radical (unpaired) electrons. The second kappa shape index (κ2) is 7.26. The third kappa shape index (κ3) is 2.85. The molecule has 4 aliphatic rings. The Morgan fingerprint density at radius 2 is 2.19 bits per heavy atom. The lowest BCUT2D eigenvalue weighted by Crippen LogP contribution is -2.55. The first-order valence-electron chi connectivity index (χ1n) is 9.93. The smallest absolute Gasteiger partial charge is 0.404 e. The van der Waals surface area contributed by atoms with E-state index in [0.29, 0.717) is 12.2 Å². The molecule has 3 heterocycles. The zero-order chi connectivity index (χ0) is 22.8. The van der Waals surface area contributed by atoms with Gasteiger partial charge in [0.15, 0.2) is 5.72 Å². The van der Waals surface area contributed by atoms with Crippen LogP contribution in [0, 0.1) is 5.92 Å². The minimum absolute atomic E-state index is 0.0173. The minimum atomic E-state index is -1.05. The van der Waals surface area contributed by atoms with Crippen molar-refractivity contribution in [2.45, 2.75) is 17.8 Å². The number of carbonyl (C=O) groups excluding carboxylic acids is 3. The molecule has 1 aromatic rings. The van der Waals surface area contributed by atoms with E-state index >= 15 is 0 Å². The Hall–Kier alpha value is -3.02. The molecule has 0 unspecified atom stereocenters. The van der Waals surface area contributed by atoms with Gasteiger partial charge in [-0.3, -0.25) is 14.6 Å². The summed E-state index contributed by atoms with van der Waals surface area (Å²) in [5, 5.41) is 3.30. The number of benzene rings is 1. The van der Waals surface area contributed by atoms with Gasteiger partial charge in [0.25, 0.3) is 0 Å². The molecular weight excluding hydrogens is 482 g/mol. The van der Waals surface area contributed by atoms with Crippen LogP contribution in [0.1, 0.15) is 0 Å². The number of ketones is 2. The van der Waals surface area contributed by atoms with Gasteiger partial charge in [-0.15, -0.1) is 0 Å². The number of amides is 1. The van der Waals surface area contributed by atoms with Crippen molar-refractivity contribution in [3.63, 3.8) is 0 Å².